The summed E-state index contributed by atoms with van der Waals surface area (Å²) in [5.74, 6) is -0.178. The van der Waals surface area contributed by atoms with E-state index in [1.807, 2.05) is 0 Å². The van der Waals surface area contributed by atoms with E-state index in [1.54, 1.807) is 97.1 Å². The van der Waals surface area contributed by atoms with Gasteiger partial charge in [-0.25, -0.2) is 10.2 Å². The molecule has 0 radical (unpaired) electrons. The van der Waals surface area contributed by atoms with Crippen molar-refractivity contribution in [3.8, 4) is 17.2 Å². The molecule has 10 heteroatoms. The topological polar surface area (TPSA) is 86.2 Å². The Balaban J connectivity index is 1.41. The second-order valence-corrected chi connectivity index (χ2v) is 8.99. The lowest BCUT2D eigenvalue weighted by Gasteiger charge is -2.19. The van der Waals surface area contributed by atoms with Gasteiger partial charge in [0.2, 0.25) is 0 Å². The van der Waals surface area contributed by atoms with Crippen LogP contribution in [0.25, 0.3) is 0 Å². The summed E-state index contributed by atoms with van der Waals surface area (Å²) in [6.07, 6.45) is 0.0141. The molecule has 4 aromatic carbocycles. The molecule has 1 amide bonds. The van der Waals surface area contributed by atoms with E-state index in [0.29, 0.717) is 43.4 Å². The van der Waals surface area contributed by atoms with Crippen LogP contribution in [0.4, 0.5) is 0 Å². The van der Waals surface area contributed by atoms with E-state index in [0.717, 1.165) is 0 Å². The van der Waals surface area contributed by atoms with Gasteiger partial charge >= 0.3 is 18.2 Å². The van der Waals surface area contributed by atoms with Crippen molar-refractivity contribution in [3.05, 3.63) is 123 Å². The van der Waals surface area contributed by atoms with E-state index in [2.05, 4.69) is 10.5 Å². The molecule has 0 atom stereocenters. The summed E-state index contributed by atoms with van der Waals surface area (Å²) < 4.78 is 16.8. The van der Waals surface area contributed by atoms with Gasteiger partial charge in [-0.15, -0.1) is 0 Å². The zero-order valence-corrected chi connectivity index (χ0v) is 21.8. The molecule has 0 saturated carbocycles. The highest BCUT2D eigenvalue weighted by Crippen LogP contribution is 2.21. The zero-order chi connectivity index (χ0) is 26.9. The van der Waals surface area contributed by atoms with Gasteiger partial charge in [0.1, 0.15) is 17.2 Å². The van der Waals surface area contributed by atoms with Crippen LogP contribution < -0.4 is 19.6 Å². The van der Waals surface area contributed by atoms with Crippen molar-refractivity contribution in [1.29, 1.82) is 0 Å². The number of halogens is 3. The van der Waals surface area contributed by atoms with Gasteiger partial charge in [-0.1, -0.05) is 46.9 Å². The lowest BCUT2D eigenvalue weighted by atomic mass is 10.2. The fraction of sp³-hybridized carbons (Fsp3) is 0.0357. The number of nitrogens with one attached hydrogen (secondary N) is 1. The normalized spacial score (nSPS) is 10.8. The Morgan fingerprint density at radius 2 is 1.24 bits per heavy atom. The monoisotopic (exact) mass is 568 g/mol. The Morgan fingerprint density at radius 3 is 1.79 bits per heavy atom. The fourth-order valence-electron chi connectivity index (χ4n) is 3.04. The van der Waals surface area contributed by atoms with Crippen LogP contribution >= 0.6 is 34.8 Å². The van der Waals surface area contributed by atoms with Gasteiger partial charge in [0.25, 0.3) is 0 Å². The van der Waals surface area contributed by atoms with Crippen LogP contribution in [0.2, 0.25) is 15.1 Å². The highest BCUT2D eigenvalue weighted by molar-refractivity contribution is 6.31. The summed E-state index contributed by atoms with van der Waals surface area (Å²) in [6.45, 7) is 0. The molecule has 0 aliphatic rings. The molecule has 192 valence electrons. The van der Waals surface area contributed by atoms with Crippen molar-refractivity contribution >= 4 is 52.9 Å². The predicted octanol–water partition coefficient (Wildman–Crippen LogP) is 6.80. The molecule has 0 bridgehead atoms. The third-order valence-electron chi connectivity index (χ3n) is 4.86. The second kappa shape index (κ2) is 13.0. The second-order valence-electron chi connectivity index (χ2n) is 7.68. The Morgan fingerprint density at radius 1 is 0.711 bits per heavy atom. The van der Waals surface area contributed by atoms with Crippen LogP contribution in [0.1, 0.15) is 15.9 Å². The Labute approximate surface area is 233 Å². The molecular formula is C28H19Cl3N2O5. The van der Waals surface area contributed by atoms with Crippen molar-refractivity contribution in [2.45, 2.75) is 6.29 Å². The number of rotatable bonds is 9. The van der Waals surface area contributed by atoms with Crippen molar-refractivity contribution in [1.82, 2.24) is 5.43 Å². The van der Waals surface area contributed by atoms with Crippen molar-refractivity contribution in [2.75, 3.05) is 0 Å². The average molecular weight is 570 g/mol. The summed E-state index contributed by atoms with van der Waals surface area (Å²) in [5.41, 5.74) is 3.32. The van der Waals surface area contributed by atoms with E-state index in [4.69, 9.17) is 49.0 Å². The first-order valence-electron chi connectivity index (χ1n) is 11.1. The molecule has 0 unspecified atom stereocenters. The molecule has 0 heterocycles. The third-order valence-corrected chi connectivity index (χ3v) is 5.62. The lowest BCUT2D eigenvalue weighted by Crippen LogP contribution is -2.40. The van der Waals surface area contributed by atoms with Gasteiger partial charge in [0, 0.05) is 15.1 Å². The molecule has 4 rings (SSSR count). The van der Waals surface area contributed by atoms with Crippen LogP contribution in [-0.2, 0) is 4.79 Å². The van der Waals surface area contributed by atoms with Gasteiger partial charge in [0.05, 0.1) is 11.8 Å². The molecule has 38 heavy (non-hydrogen) atoms. The number of ether oxygens (including phenoxy) is 3. The number of hydrogen-bond donors (Lipinski definition) is 1. The smallest absolute Gasteiger partial charge is 0.343 e. The van der Waals surface area contributed by atoms with E-state index >= 15 is 0 Å². The van der Waals surface area contributed by atoms with E-state index < -0.39 is 18.2 Å². The molecule has 0 aliphatic heterocycles. The standard InChI is InChI=1S/C28H19Cl3N2O5/c29-20-6-4-19(5-7-20)27(35)36-25-3-1-2-18(16-25)17-32-33-26(34)28(37-23-12-8-21(30)9-13-23)38-24-14-10-22(31)11-15-24/h1-17,28H,(H,33,34)/b32-17-. The summed E-state index contributed by atoms with van der Waals surface area (Å²) in [4.78, 5) is 25.2. The molecule has 0 spiro atoms. The molecule has 0 aromatic heterocycles. The van der Waals surface area contributed by atoms with Crippen LogP contribution in [0.15, 0.2) is 102 Å². The maximum absolute atomic E-state index is 12.9. The predicted molar refractivity (Wildman–Crippen MR) is 147 cm³/mol. The number of amides is 1. The molecule has 0 fully saturated rings. The van der Waals surface area contributed by atoms with E-state index in [-0.39, 0.29) is 0 Å². The summed E-state index contributed by atoms with van der Waals surface area (Å²) in [5, 5.41) is 5.53. The van der Waals surface area contributed by atoms with Gasteiger partial charge in [-0.2, -0.15) is 5.10 Å². The number of nitrogens with zero attached hydrogens (tertiary/aromatic N) is 1. The maximum Gasteiger partial charge on any atom is 0.343 e. The van der Waals surface area contributed by atoms with Gasteiger partial charge in [-0.05, 0) is 90.5 Å². The van der Waals surface area contributed by atoms with Crippen LogP contribution in [-0.4, -0.2) is 24.4 Å². The minimum Gasteiger partial charge on any atom is -0.446 e. The van der Waals surface area contributed by atoms with Crippen molar-refractivity contribution < 1.29 is 23.8 Å². The number of hydrogen-bond acceptors (Lipinski definition) is 6. The highest BCUT2D eigenvalue weighted by atomic mass is 35.5. The van der Waals surface area contributed by atoms with Crippen molar-refractivity contribution in [2.24, 2.45) is 5.10 Å². The summed E-state index contributed by atoms with van der Waals surface area (Å²) in [6, 6.07) is 25.9. The Hall–Kier alpha value is -4.04. The lowest BCUT2D eigenvalue weighted by molar-refractivity contribution is -0.140. The van der Waals surface area contributed by atoms with Gasteiger partial charge in [-0.3, -0.25) is 4.79 Å². The van der Waals surface area contributed by atoms with E-state index in [1.165, 1.54) is 6.21 Å². The number of esters is 1. The quantitative estimate of drug-likeness (QED) is 0.0788. The van der Waals surface area contributed by atoms with Crippen molar-refractivity contribution in [3.63, 3.8) is 0 Å². The first kappa shape index (κ1) is 27.0. The highest BCUT2D eigenvalue weighted by Gasteiger charge is 2.22. The first-order valence-corrected chi connectivity index (χ1v) is 12.2. The Bertz CT molecular complexity index is 1380. The van der Waals surface area contributed by atoms with Gasteiger partial charge < -0.3 is 14.2 Å². The number of benzene rings is 4. The molecule has 0 aliphatic carbocycles. The van der Waals surface area contributed by atoms with Crippen LogP contribution in [0, 0.1) is 0 Å². The molecule has 1 N–H and O–H groups in total. The third kappa shape index (κ3) is 7.98. The van der Waals surface area contributed by atoms with Crippen LogP contribution in [0.5, 0.6) is 17.2 Å². The first-order chi connectivity index (χ1) is 18.4. The maximum atomic E-state index is 12.9. The minimum absolute atomic E-state index is 0.301. The number of carbonyl (C=O) groups is 2. The molecule has 0 saturated heterocycles. The molecular weight excluding hydrogens is 551 g/mol. The minimum atomic E-state index is -1.37. The molecule has 4 aromatic rings. The average Bonchev–Trinajstić information content (AvgIpc) is 2.91. The fourth-order valence-corrected chi connectivity index (χ4v) is 3.42. The zero-order valence-electron chi connectivity index (χ0n) is 19.5. The SMILES string of the molecule is O=C(Oc1cccc(/C=N\NC(=O)C(Oc2ccc(Cl)cc2)Oc2ccc(Cl)cc2)c1)c1ccc(Cl)cc1. The van der Waals surface area contributed by atoms with E-state index in [9.17, 15) is 9.59 Å². The number of carbonyl (C=O) groups excluding carboxylic acids is 2. The number of hydrazone groups is 1. The summed E-state index contributed by atoms with van der Waals surface area (Å²) in [7, 11) is 0. The van der Waals surface area contributed by atoms with Crippen LogP contribution in [0.3, 0.4) is 0 Å². The summed E-state index contributed by atoms with van der Waals surface area (Å²) >= 11 is 17.7. The largest absolute Gasteiger partial charge is 0.446 e. The molecule has 7 nitrogen and oxygen atoms in total. The Kier molecular flexibility index (Phi) is 9.21. The van der Waals surface area contributed by atoms with Gasteiger partial charge in [0.15, 0.2) is 0 Å².